The molecular formula is C31H25Cl2N3O3. The van der Waals surface area contributed by atoms with Crippen molar-refractivity contribution in [2.24, 2.45) is 0 Å². The topological polar surface area (TPSA) is 79.4 Å². The number of pyridine rings is 1. The van der Waals surface area contributed by atoms with Gasteiger partial charge >= 0.3 is 0 Å². The van der Waals surface area contributed by atoms with E-state index in [2.05, 4.69) is 10.3 Å². The molecule has 2 amide bonds. The third-order valence-electron chi connectivity index (χ3n) is 6.75. The zero-order chi connectivity index (χ0) is 27.5. The van der Waals surface area contributed by atoms with Gasteiger partial charge in [-0.15, -0.1) is 0 Å². The second-order valence-corrected chi connectivity index (χ2v) is 10.4. The number of amides is 2. The first-order chi connectivity index (χ1) is 18.8. The third kappa shape index (κ3) is 6.03. The van der Waals surface area contributed by atoms with Crippen LogP contribution in [0.1, 0.15) is 43.0 Å². The average Bonchev–Trinajstić information content (AvgIpc) is 3.01. The predicted molar refractivity (Wildman–Crippen MR) is 152 cm³/mol. The van der Waals surface area contributed by atoms with Crippen molar-refractivity contribution in [1.82, 2.24) is 9.88 Å². The molecule has 1 aliphatic heterocycles. The van der Waals surface area contributed by atoms with Crippen molar-refractivity contribution in [3.63, 3.8) is 0 Å². The Kier molecular flexibility index (Phi) is 7.77. The Bertz CT molecular complexity index is 1560. The number of hydrogen-bond acceptors (Lipinski definition) is 4. The summed E-state index contributed by atoms with van der Waals surface area (Å²) in [6.45, 7) is 2.14. The van der Waals surface area contributed by atoms with Gasteiger partial charge < -0.3 is 10.2 Å². The maximum Gasteiger partial charge on any atom is 0.256 e. The largest absolute Gasteiger partial charge is 0.324 e. The Hall–Kier alpha value is -4.00. The van der Waals surface area contributed by atoms with Gasteiger partial charge in [0.25, 0.3) is 11.8 Å². The van der Waals surface area contributed by atoms with Crippen LogP contribution in [0.25, 0.3) is 0 Å². The minimum atomic E-state index is -0.699. The lowest BCUT2D eigenvalue weighted by Crippen LogP contribution is -2.44. The second kappa shape index (κ2) is 11.4. The minimum Gasteiger partial charge on any atom is -0.324 e. The molecule has 0 bridgehead atoms. The lowest BCUT2D eigenvalue weighted by molar-refractivity contribution is -0.122. The molecule has 196 valence electrons. The summed E-state index contributed by atoms with van der Waals surface area (Å²) in [5.74, 6) is -0.0922. The monoisotopic (exact) mass is 557 g/mol. The van der Waals surface area contributed by atoms with Gasteiger partial charge in [-0.1, -0.05) is 65.2 Å². The molecule has 2 heterocycles. The van der Waals surface area contributed by atoms with Gasteiger partial charge in [-0.05, 0) is 66.1 Å². The Morgan fingerprint density at radius 2 is 1.72 bits per heavy atom. The molecular weight excluding hydrogens is 533 g/mol. The number of carbonyl (C=O) groups excluding carboxylic acids is 3. The van der Waals surface area contributed by atoms with Crippen LogP contribution < -0.4 is 5.32 Å². The molecule has 0 unspecified atom stereocenters. The summed E-state index contributed by atoms with van der Waals surface area (Å²) in [5, 5.41) is 3.58. The molecule has 0 fully saturated rings. The molecule has 3 aromatic carbocycles. The van der Waals surface area contributed by atoms with E-state index in [1.807, 2.05) is 25.1 Å². The summed E-state index contributed by atoms with van der Waals surface area (Å²) in [7, 11) is 0. The van der Waals surface area contributed by atoms with Gasteiger partial charge in [0.05, 0.1) is 16.1 Å². The fourth-order valence-corrected chi connectivity index (χ4v) is 5.05. The summed E-state index contributed by atoms with van der Waals surface area (Å²) < 4.78 is 0. The fraction of sp³-hybridized carbons (Fsp3) is 0.161. The number of aryl methyl sites for hydroxylation is 1. The zero-order valence-electron chi connectivity index (χ0n) is 21.2. The van der Waals surface area contributed by atoms with E-state index in [1.165, 1.54) is 0 Å². The van der Waals surface area contributed by atoms with Crippen LogP contribution in [0.3, 0.4) is 0 Å². The number of rotatable bonds is 6. The van der Waals surface area contributed by atoms with Crippen LogP contribution in [0, 0.1) is 6.92 Å². The van der Waals surface area contributed by atoms with Crippen molar-refractivity contribution in [3.8, 4) is 0 Å². The fourth-order valence-electron chi connectivity index (χ4n) is 4.73. The molecule has 1 aromatic heterocycles. The molecule has 1 atom stereocenters. The van der Waals surface area contributed by atoms with Crippen LogP contribution in [0.4, 0.5) is 5.82 Å². The van der Waals surface area contributed by atoms with Gasteiger partial charge in [-0.2, -0.15) is 0 Å². The number of ketones is 1. The van der Waals surface area contributed by atoms with Crippen molar-refractivity contribution in [2.45, 2.75) is 32.4 Å². The molecule has 4 aromatic rings. The van der Waals surface area contributed by atoms with Gasteiger partial charge in [0, 0.05) is 36.7 Å². The molecule has 0 saturated carbocycles. The SMILES string of the molecule is Cc1ccc2c(c1)CC(=O)[C@@H](Cc1ccc(Cl)c(Cl)c1)N(Cc1ccc(C(=O)Nc3ccccn3)cc1)C2=O. The van der Waals surface area contributed by atoms with E-state index in [9.17, 15) is 14.4 Å². The van der Waals surface area contributed by atoms with Crippen LogP contribution in [-0.2, 0) is 24.2 Å². The first kappa shape index (κ1) is 26.6. The molecule has 8 heteroatoms. The van der Waals surface area contributed by atoms with Gasteiger partial charge in [0.2, 0.25) is 0 Å². The molecule has 6 nitrogen and oxygen atoms in total. The van der Waals surface area contributed by atoms with Crippen molar-refractivity contribution in [3.05, 3.63) is 128 Å². The quantitative estimate of drug-likeness (QED) is 0.300. The lowest BCUT2D eigenvalue weighted by atomic mass is 9.96. The highest BCUT2D eigenvalue weighted by molar-refractivity contribution is 6.42. The van der Waals surface area contributed by atoms with Crippen LogP contribution >= 0.6 is 23.2 Å². The number of benzene rings is 3. The summed E-state index contributed by atoms with van der Waals surface area (Å²) in [6.07, 6.45) is 2.07. The van der Waals surface area contributed by atoms with E-state index in [1.54, 1.807) is 71.8 Å². The highest BCUT2D eigenvalue weighted by Crippen LogP contribution is 2.28. The number of anilines is 1. The molecule has 5 rings (SSSR count). The molecule has 0 aliphatic carbocycles. The summed E-state index contributed by atoms with van der Waals surface area (Å²) in [6, 6.07) is 22.4. The van der Waals surface area contributed by atoms with Gasteiger partial charge in [0.15, 0.2) is 5.78 Å². The minimum absolute atomic E-state index is 0.0508. The Morgan fingerprint density at radius 1 is 0.949 bits per heavy atom. The standard InChI is InChI=1S/C31H25Cl2N3O3/c1-19-5-11-24-23(14-19)17-28(37)27(16-21-8-12-25(32)26(33)15-21)36(31(24)39)18-20-6-9-22(10-7-20)30(38)35-29-4-2-3-13-34-29/h2-15,27H,16-18H2,1H3,(H,34,35,38)/t27-/m1/s1. The Balaban J connectivity index is 1.43. The predicted octanol–water partition coefficient (Wildman–Crippen LogP) is 6.33. The molecule has 0 spiro atoms. The highest BCUT2D eigenvalue weighted by atomic mass is 35.5. The van der Waals surface area contributed by atoms with E-state index in [-0.39, 0.29) is 30.6 Å². The highest BCUT2D eigenvalue weighted by Gasteiger charge is 2.35. The number of hydrogen-bond donors (Lipinski definition) is 1. The number of Topliss-reactive ketones (excluding diaryl/α,β-unsaturated/α-hetero) is 1. The van der Waals surface area contributed by atoms with Gasteiger partial charge in [-0.25, -0.2) is 4.98 Å². The number of carbonyl (C=O) groups is 3. The van der Waals surface area contributed by atoms with E-state index >= 15 is 0 Å². The van der Waals surface area contributed by atoms with Crippen LogP contribution in [-0.4, -0.2) is 33.5 Å². The maximum atomic E-state index is 13.9. The second-order valence-electron chi connectivity index (χ2n) is 9.57. The van der Waals surface area contributed by atoms with Crippen LogP contribution in [0.15, 0.2) is 85.1 Å². The van der Waals surface area contributed by atoms with Crippen molar-refractivity contribution in [2.75, 3.05) is 5.32 Å². The molecule has 0 radical (unpaired) electrons. The first-order valence-corrected chi connectivity index (χ1v) is 13.2. The number of aromatic nitrogens is 1. The van der Waals surface area contributed by atoms with Gasteiger partial charge in [-0.3, -0.25) is 14.4 Å². The van der Waals surface area contributed by atoms with Gasteiger partial charge in [0.1, 0.15) is 5.82 Å². The molecule has 1 N–H and O–H groups in total. The first-order valence-electron chi connectivity index (χ1n) is 12.5. The van der Waals surface area contributed by atoms with Crippen molar-refractivity contribution >= 4 is 46.6 Å². The summed E-state index contributed by atoms with van der Waals surface area (Å²) in [5.41, 5.74) is 4.30. The Labute approximate surface area is 236 Å². The van der Waals surface area contributed by atoms with Crippen molar-refractivity contribution in [1.29, 1.82) is 0 Å². The average molecular weight is 558 g/mol. The number of halogens is 2. The maximum absolute atomic E-state index is 13.9. The normalized spacial score (nSPS) is 15.1. The smallest absolute Gasteiger partial charge is 0.256 e. The number of nitrogens with one attached hydrogen (secondary N) is 1. The summed E-state index contributed by atoms with van der Waals surface area (Å²) in [4.78, 5) is 45.8. The van der Waals surface area contributed by atoms with Crippen LogP contribution in [0.2, 0.25) is 10.0 Å². The summed E-state index contributed by atoms with van der Waals surface area (Å²) >= 11 is 12.3. The zero-order valence-corrected chi connectivity index (χ0v) is 22.7. The number of fused-ring (bicyclic) bond motifs is 1. The van der Waals surface area contributed by atoms with E-state index in [4.69, 9.17) is 23.2 Å². The number of nitrogens with zero attached hydrogens (tertiary/aromatic N) is 2. The lowest BCUT2D eigenvalue weighted by Gasteiger charge is -2.30. The molecule has 39 heavy (non-hydrogen) atoms. The third-order valence-corrected chi connectivity index (χ3v) is 7.49. The van der Waals surface area contributed by atoms with Crippen molar-refractivity contribution < 1.29 is 14.4 Å². The molecule has 1 aliphatic rings. The van der Waals surface area contributed by atoms with E-state index < -0.39 is 6.04 Å². The van der Waals surface area contributed by atoms with E-state index in [0.29, 0.717) is 33.4 Å². The van der Waals surface area contributed by atoms with Crippen LogP contribution in [0.5, 0.6) is 0 Å². The van der Waals surface area contributed by atoms with E-state index in [0.717, 1.165) is 22.3 Å². The molecule has 0 saturated heterocycles. The Morgan fingerprint density at radius 3 is 2.44 bits per heavy atom.